The predicted molar refractivity (Wildman–Crippen MR) is 256 cm³/mol. The van der Waals surface area contributed by atoms with E-state index in [4.69, 9.17) is 28.0 Å². The molecule has 0 radical (unpaired) electrons. The highest BCUT2D eigenvalue weighted by Crippen LogP contribution is 2.29. The minimum atomic E-state index is -3.93. The third-order valence-corrected chi connectivity index (χ3v) is 14.8. The van der Waals surface area contributed by atoms with Crippen LogP contribution < -0.4 is 13.9 Å². The number of carbonyl (C=O) groups excluding carboxylic acids is 3. The van der Waals surface area contributed by atoms with Gasteiger partial charge < -0.3 is 24.5 Å². The second-order valence-electron chi connectivity index (χ2n) is 15.2. The lowest BCUT2D eigenvalue weighted by atomic mass is 10.1. The highest BCUT2D eigenvalue weighted by atomic mass is 35.5. The smallest absolute Gasteiger partial charge is 0.337 e. The number of rotatable bonds is 16. The molecule has 2 heterocycles. The second kappa shape index (κ2) is 27.0. The van der Waals surface area contributed by atoms with Crippen LogP contribution in [0.25, 0.3) is 0 Å². The number of ether oxygens (including phenoxy) is 2. The Kier molecular flexibility index (Phi) is 22.9. The summed E-state index contributed by atoms with van der Waals surface area (Å²) in [6.07, 6.45) is 0. The van der Waals surface area contributed by atoms with Crippen molar-refractivity contribution < 1.29 is 58.3 Å². The molecule has 2 saturated heterocycles. The number of hydrogen-bond donors (Lipinski definition) is 1. The lowest BCUT2D eigenvalue weighted by Gasteiger charge is -2.33. The largest absolute Gasteiger partial charge is 0.465 e. The van der Waals surface area contributed by atoms with E-state index in [1.807, 2.05) is 18.7 Å². The standard InChI is InChI=1S/C22H26ClF2N3O4S.C21H24ClF2N3O4S.CH2O.ClH/c1-26-7-9-27(10-8-26)11-12-33(30,31)28(18-5-6-20(24)19(23)14-18)15-17-4-3-16(13-21(17)25)22(29)32-2;1-31-21(28)15-2-3-16(20(24)12-15)14-27(17-4-5-19(23)18(22)13-17)32(29,30)11-10-26-8-6-25-7-9-26;1-2;/h3-6,13-14H,7-12,15H2,1-2H3;2-5,12-13,25H,6-11,14H2,1H3;1H2;1H. The molecule has 68 heavy (non-hydrogen) atoms. The maximum absolute atomic E-state index is 14.7. The Bertz CT molecular complexity index is 2560. The van der Waals surface area contributed by atoms with Gasteiger partial charge in [0.15, 0.2) is 0 Å². The van der Waals surface area contributed by atoms with Crippen LogP contribution in [-0.4, -0.2) is 148 Å². The van der Waals surface area contributed by atoms with Crippen LogP contribution >= 0.6 is 35.6 Å². The first-order valence-corrected chi connectivity index (χ1v) is 24.6. The summed E-state index contributed by atoms with van der Waals surface area (Å²) in [4.78, 5) is 37.5. The summed E-state index contributed by atoms with van der Waals surface area (Å²) in [6, 6.07) is 14.4. The first kappa shape index (κ1) is 57.7. The van der Waals surface area contributed by atoms with E-state index >= 15 is 0 Å². The Morgan fingerprint density at radius 2 is 1.00 bits per heavy atom. The first-order chi connectivity index (χ1) is 31.8. The number of hydrogen-bond acceptors (Lipinski definition) is 13. The number of benzene rings is 4. The number of methoxy groups -OCH3 is 2. The second-order valence-corrected chi connectivity index (χ2v) is 20.0. The van der Waals surface area contributed by atoms with Gasteiger partial charge in [0, 0.05) is 76.6 Å². The molecule has 0 amide bonds. The van der Waals surface area contributed by atoms with Crippen molar-refractivity contribution in [3.63, 3.8) is 0 Å². The van der Waals surface area contributed by atoms with Crippen molar-refractivity contribution in [3.8, 4) is 0 Å². The Labute approximate surface area is 410 Å². The quantitative estimate of drug-likeness (QED) is 0.105. The van der Waals surface area contributed by atoms with Gasteiger partial charge in [-0.3, -0.25) is 18.4 Å². The molecule has 1 N–H and O–H groups in total. The number of halogens is 7. The van der Waals surface area contributed by atoms with Gasteiger partial charge in [0.25, 0.3) is 0 Å². The molecule has 6 rings (SSSR count). The van der Waals surface area contributed by atoms with Crippen LogP contribution in [0, 0.1) is 23.3 Å². The van der Waals surface area contributed by atoms with Crippen molar-refractivity contribution >= 4 is 85.8 Å². The van der Waals surface area contributed by atoms with E-state index in [9.17, 15) is 44.0 Å². The molecule has 0 aromatic heterocycles. The van der Waals surface area contributed by atoms with E-state index in [1.165, 1.54) is 62.8 Å². The molecular formula is C44H53Cl3F4N6O9S2. The van der Waals surface area contributed by atoms with E-state index < -0.39 is 55.3 Å². The topological polar surface area (TPSA) is 166 Å². The normalized spacial score (nSPS) is 14.5. The van der Waals surface area contributed by atoms with Gasteiger partial charge in [-0.2, -0.15) is 0 Å². The van der Waals surface area contributed by atoms with Crippen molar-refractivity contribution in [1.29, 1.82) is 0 Å². The SMILES string of the molecule is C=O.COC(=O)c1ccc(CN(c2ccc(F)c(Cl)c2)S(=O)(=O)CCN2CCN(C)CC2)c(F)c1.COC(=O)c1ccc(CN(c2ccc(F)c(Cl)c2)S(=O)(=O)CCN2CCNCC2)c(F)c1.Cl. The molecule has 0 unspecified atom stereocenters. The number of sulfonamides is 2. The van der Waals surface area contributed by atoms with Gasteiger partial charge in [-0.25, -0.2) is 44.0 Å². The third kappa shape index (κ3) is 16.3. The lowest BCUT2D eigenvalue weighted by Crippen LogP contribution is -2.47. The van der Waals surface area contributed by atoms with Crippen LogP contribution in [0.2, 0.25) is 10.0 Å². The molecule has 0 saturated carbocycles. The molecule has 374 valence electrons. The van der Waals surface area contributed by atoms with Crippen molar-refractivity contribution in [2.45, 2.75) is 13.1 Å². The molecule has 2 aliphatic heterocycles. The Balaban J connectivity index is 0.000000343. The van der Waals surface area contributed by atoms with Crippen LogP contribution in [0.3, 0.4) is 0 Å². The lowest BCUT2D eigenvalue weighted by molar-refractivity contribution is -0.0980. The zero-order valence-corrected chi connectivity index (χ0v) is 41.4. The summed E-state index contributed by atoms with van der Waals surface area (Å²) in [5.41, 5.74) is 0.347. The number of esters is 2. The van der Waals surface area contributed by atoms with E-state index in [1.54, 1.807) is 0 Å². The van der Waals surface area contributed by atoms with Crippen LogP contribution in [0.15, 0.2) is 72.8 Å². The minimum Gasteiger partial charge on any atom is -0.465 e. The van der Waals surface area contributed by atoms with Gasteiger partial charge in [0.1, 0.15) is 30.1 Å². The van der Waals surface area contributed by atoms with Crippen LogP contribution in [0.4, 0.5) is 28.9 Å². The molecule has 2 fully saturated rings. The first-order valence-electron chi connectivity index (χ1n) is 20.6. The number of likely N-dealkylation sites (N-methyl/N-ethyl adjacent to an activating group) is 1. The third-order valence-electron chi connectivity index (χ3n) is 10.8. The van der Waals surface area contributed by atoms with Crippen molar-refractivity contribution in [3.05, 3.63) is 128 Å². The Morgan fingerprint density at radius 1 is 0.618 bits per heavy atom. The number of carbonyl (C=O) groups is 3. The summed E-state index contributed by atoms with van der Waals surface area (Å²) < 4.78 is 121. The Hall–Kier alpha value is -4.58. The predicted octanol–water partition coefficient (Wildman–Crippen LogP) is 5.87. The highest BCUT2D eigenvalue weighted by Gasteiger charge is 2.29. The van der Waals surface area contributed by atoms with E-state index in [0.717, 1.165) is 85.2 Å². The van der Waals surface area contributed by atoms with Crippen molar-refractivity contribution in [2.24, 2.45) is 0 Å². The van der Waals surface area contributed by atoms with Gasteiger partial charge in [0.05, 0.1) is 71.4 Å². The summed E-state index contributed by atoms with van der Waals surface area (Å²) in [5.74, 6) is -4.72. The summed E-state index contributed by atoms with van der Waals surface area (Å²) in [7, 11) is -3.47. The van der Waals surface area contributed by atoms with Gasteiger partial charge in [0.2, 0.25) is 20.0 Å². The van der Waals surface area contributed by atoms with Crippen molar-refractivity contribution in [2.75, 3.05) is 107 Å². The summed E-state index contributed by atoms with van der Waals surface area (Å²) in [6.45, 7) is 8.09. The van der Waals surface area contributed by atoms with Crippen LogP contribution in [0.1, 0.15) is 31.8 Å². The molecule has 0 spiro atoms. The maximum Gasteiger partial charge on any atom is 0.337 e. The average Bonchev–Trinajstić information content (AvgIpc) is 3.32. The van der Waals surface area contributed by atoms with Gasteiger partial charge in [-0.15, -0.1) is 12.4 Å². The zero-order valence-electron chi connectivity index (χ0n) is 37.4. The summed E-state index contributed by atoms with van der Waals surface area (Å²) in [5, 5.41) is 2.71. The molecule has 4 aromatic carbocycles. The monoisotopic (exact) mass is 1050 g/mol. The number of nitrogens with one attached hydrogen (secondary N) is 1. The van der Waals surface area contributed by atoms with Gasteiger partial charge >= 0.3 is 11.9 Å². The molecule has 0 aliphatic carbocycles. The van der Waals surface area contributed by atoms with Crippen LogP contribution in [-0.2, 0) is 47.4 Å². The average molecular weight is 1060 g/mol. The van der Waals surface area contributed by atoms with Gasteiger partial charge in [-0.1, -0.05) is 35.3 Å². The van der Waals surface area contributed by atoms with Crippen LogP contribution in [0.5, 0.6) is 0 Å². The molecule has 2 aliphatic rings. The fourth-order valence-electron chi connectivity index (χ4n) is 6.85. The Morgan fingerprint density at radius 3 is 1.35 bits per heavy atom. The molecular weight excluding hydrogens is 1000 g/mol. The summed E-state index contributed by atoms with van der Waals surface area (Å²) >= 11 is 11.8. The number of piperazine rings is 2. The fraction of sp³-hybridized carbons (Fsp3) is 0.386. The minimum absolute atomic E-state index is 0. The number of anilines is 2. The van der Waals surface area contributed by atoms with E-state index in [2.05, 4.69) is 24.6 Å². The number of nitrogens with zero attached hydrogens (tertiary/aromatic N) is 5. The van der Waals surface area contributed by atoms with Crippen molar-refractivity contribution in [1.82, 2.24) is 20.0 Å². The molecule has 0 atom stereocenters. The molecule has 4 aromatic rings. The fourth-order valence-corrected chi connectivity index (χ4v) is 10.2. The molecule has 24 heteroatoms. The van der Waals surface area contributed by atoms with E-state index in [-0.39, 0.29) is 80.7 Å². The highest BCUT2D eigenvalue weighted by molar-refractivity contribution is 7.93. The van der Waals surface area contributed by atoms with Gasteiger partial charge in [-0.05, 0) is 67.7 Å². The maximum atomic E-state index is 14.7. The molecule has 15 nitrogen and oxygen atoms in total. The zero-order chi connectivity index (χ0) is 49.5. The molecule has 0 bridgehead atoms. The van der Waals surface area contributed by atoms with E-state index in [0.29, 0.717) is 13.1 Å².